The quantitative estimate of drug-likeness (QED) is 0.816. The fourth-order valence-electron chi connectivity index (χ4n) is 1.45. The fourth-order valence-corrected chi connectivity index (χ4v) is 1.45. The molecule has 0 fully saturated rings. The first-order valence-corrected chi connectivity index (χ1v) is 5.80. The van der Waals surface area contributed by atoms with Gasteiger partial charge in [-0.2, -0.15) is 0 Å². The second-order valence-electron chi connectivity index (χ2n) is 4.53. The summed E-state index contributed by atoms with van der Waals surface area (Å²) in [6, 6.07) is 7.75. The maximum atomic E-state index is 11.6. The first kappa shape index (κ1) is 13.5. The minimum absolute atomic E-state index is 0.0144. The zero-order valence-electron chi connectivity index (χ0n) is 10.7. The number of nitrogens with two attached hydrogens (primary N) is 1. The summed E-state index contributed by atoms with van der Waals surface area (Å²) < 4.78 is 0. The summed E-state index contributed by atoms with van der Waals surface area (Å²) in [6.45, 7) is 2.50. The number of anilines is 2. The number of amides is 1. The van der Waals surface area contributed by atoms with Gasteiger partial charge in [-0.1, -0.05) is 6.92 Å². The molecule has 0 radical (unpaired) electrons. The first-order valence-electron chi connectivity index (χ1n) is 5.80. The van der Waals surface area contributed by atoms with Crippen molar-refractivity contribution in [1.82, 2.24) is 0 Å². The van der Waals surface area contributed by atoms with Crippen LogP contribution in [0.5, 0.6) is 0 Å². The Labute approximate surface area is 103 Å². The average molecular weight is 235 g/mol. The van der Waals surface area contributed by atoms with Crippen molar-refractivity contribution >= 4 is 17.3 Å². The molecule has 17 heavy (non-hydrogen) atoms. The van der Waals surface area contributed by atoms with Gasteiger partial charge in [0, 0.05) is 31.9 Å². The van der Waals surface area contributed by atoms with E-state index in [-0.39, 0.29) is 11.8 Å². The van der Waals surface area contributed by atoms with Crippen molar-refractivity contribution in [3.05, 3.63) is 24.3 Å². The van der Waals surface area contributed by atoms with Gasteiger partial charge in [0.05, 0.1) is 0 Å². The zero-order valence-corrected chi connectivity index (χ0v) is 10.7. The van der Waals surface area contributed by atoms with Gasteiger partial charge in [0.15, 0.2) is 0 Å². The summed E-state index contributed by atoms with van der Waals surface area (Å²) in [5.74, 6) is 0.233. The molecule has 0 bridgehead atoms. The molecule has 94 valence electrons. The number of carbonyl (C=O) groups excluding carboxylic acids is 1. The lowest BCUT2D eigenvalue weighted by Gasteiger charge is -2.13. The standard InChI is InChI=1S/C13H21N3O/c1-10(9-14)8-13(17)15-11-4-6-12(7-5-11)16(2)3/h4-7,10H,8-9,14H2,1-3H3,(H,15,17). The molecule has 3 N–H and O–H groups in total. The van der Waals surface area contributed by atoms with Crippen LogP contribution in [-0.2, 0) is 4.79 Å². The van der Waals surface area contributed by atoms with Gasteiger partial charge in [-0.25, -0.2) is 0 Å². The van der Waals surface area contributed by atoms with E-state index in [1.165, 1.54) is 0 Å². The van der Waals surface area contributed by atoms with Crippen molar-refractivity contribution in [3.63, 3.8) is 0 Å². The molecule has 1 amide bonds. The molecule has 0 aliphatic carbocycles. The van der Waals surface area contributed by atoms with Crippen LogP contribution >= 0.6 is 0 Å². The van der Waals surface area contributed by atoms with E-state index in [2.05, 4.69) is 5.32 Å². The first-order chi connectivity index (χ1) is 8.02. The highest BCUT2D eigenvalue weighted by molar-refractivity contribution is 5.91. The lowest BCUT2D eigenvalue weighted by molar-refractivity contribution is -0.116. The average Bonchev–Trinajstić information content (AvgIpc) is 2.29. The van der Waals surface area contributed by atoms with E-state index < -0.39 is 0 Å². The Morgan fingerprint density at radius 2 is 1.94 bits per heavy atom. The highest BCUT2D eigenvalue weighted by Crippen LogP contribution is 2.16. The van der Waals surface area contributed by atoms with Crippen molar-refractivity contribution in [2.45, 2.75) is 13.3 Å². The molecule has 1 rings (SSSR count). The van der Waals surface area contributed by atoms with Gasteiger partial charge < -0.3 is 16.0 Å². The molecule has 0 saturated carbocycles. The Hall–Kier alpha value is -1.55. The molecule has 0 saturated heterocycles. The lowest BCUT2D eigenvalue weighted by Crippen LogP contribution is -2.20. The lowest BCUT2D eigenvalue weighted by atomic mass is 10.1. The molecular weight excluding hydrogens is 214 g/mol. The third kappa shape index (κ3) is 4.44. The number of carbonyl (C=O) groups is 1. The van der Waals surface area contributed by atoms with Gasteiger partial charge in [-0.15, -0.1) is 0 Å². The Morgan fingerprint density at radius 3 is 2.41 bits per heavy atom. The Morgan fingerprint density at radius 1 is 1.35 bits per heavy atom. The summed E-state index contributed by atoms with van der Waals surface area (Å²) in [5, 5.41) is 2.86. The summed E-state index contributed by atoms with van der Waals surface area (Å²) in [6.07, 6.45) is 0.464. The van der Waals surface area contributed by atoms with Gasteiger partial charge in [-0.05, 0) is 36.7 Å². The van der Waals surface area contributed by atoms with E-state index in [4.69, 9.17) is 5.73 Å². The van der Waals surface area contributed by atoms with Gasteiger partial charge >= 0.3 is 0 Å². The number of benzene rings is 1. The van der Waals surface area contributed by atoms with Crippen LogP contribution in [0.25, 0.3) is 0 Å². The van der Waals surface area contributed by atoms with Crippen molar-refractivity contribution in [1.29, 1.82) is 0 Å². The maximum absolute atomic E-state index is 11.6. The molecule has 0 spiro atoms. The zero-order chi connectivity index (χ0) is 12.8. The van der Waals surface area contributed by atoms with E-state index in [9.17, 15) is 4.79 Å². The second-order valence-corrected chi connectivity index (χ2v) is 4.53. The molecule has 0 aliphatic rings. The van der Waals surface area contributed by atoms with Gasteiger partial charge in [0.25, 0.3) is 0 Å². The van der Waals surface area contributed by atoms with Crippen molar-refractivity contribution in [2.24, 2.45) is 11.7 Å². The second kappa shape index (κ2) is 6.25. The van der Waals surface area contributed by atoms with Crippen molar-refractivity contribution in [2.75, 3.05) is 30.9 Å². The summed E-state index contributed by atoms with van der Waals surface area (Å²) in [4.78, 5) is 13.6. The largest absolute Gasteiger partial charge is 0.378 e. The number of hydrogen-bond donors (Lipinski definition) is 2. The smallest absolute Gasteiger partial charge is 0.224 e. The van der Waals surface area contributed by atoms with Gasteiger partial charge in [0.1, 0.15) is 0 Å². The molecule has 0 aromatic heterocycles. The normalized spacial score (nSPS) is 12.0. The predicted octanol–water partition coefficient (Wildman–Crippen LogP) is 1.68. The minimum Gasteiger partial charge on any atom is -0.378 e. The van der Waals surface area contributed by atoms with Crippen LogP contribution in [0.15, 0.2) is 24.3 Å². The van der Waals surface area contributed by atoms with Crippen LogP contribution in [-0.4, -0.2) is 26.5 Å². The topological polar surface area (TPSA) is 58.4 Å². The number of nitrogens with one attached hydrogen (secondary N) is 1. The molecule has 1 aromatic carbocycles. The Kier molecular flexibility index (Phi) is 4.97. The van der Waals surface area contributed by atoms with Crippen LogP contribution in [0.2, 0.25) is 0 Å². The molecule has 0 heterocycles. The molecule has 1 atom stereocenters. The van der Waals surface area contributed by atoms with E-state index in [1.807, 2.05) is 50.2 Å². The van der Waals surface area contributed by atoms with Crippen molar-refractivity contribution < 1.29 is 4.79 Å². The highest BCUT2D eigenvalue weighted by atomic mass is 16.1. The number of rotatable bonds is 5. The third-order valence-corrected chi connectivity index (χ3v) is 2.60. The van der Waals surface area contributed by atoms with Crippen LogP contribution in [0.4, 0.5) is 11.4 Å². The molecule has 1 aromatic rings. The van der Waals surface area contributed by atoms with Crippen LogP contribution in [0.1, 0.15) is 13.3 Å². The monoisotopic (exact) mass is 235 g/mol. The molecule has 4 nitrogen and oxygen atoms in total. The highest BCUT2D eigenvalue weighted by Gasteiger charge is 2.07. The summed E-state index contributed by atoms with van der Waals surface area (Å²) in [7, 11) is 3.97. The van der Waals surface area contributed by atoms with Gasteiger partial charge in [-0.3, -0.25) is 4.79 Å². The van der Waals surface area contributed by atoms with E-state index in [0.717, 1.165) is 11.4 Å². The predicted molar refractivity (Wildman–Crippen MR) is 72.2 cm³/mol. The fraction of sp³-hybridized carbons (Fsp3) is 0.462. The number of hydrogen-bond acceptors (Lipinski definition) is 3. The van der Waals surface area contributed by atoms with Crippen LogP contribution in [0.3, 0.4) is 0 Å². The maximum Gasteiger partial charge on any atom is 0.224 e. The number of nitrogens with zero attached hydrogens (tertiary/aromatic N) is 1. The van der Waals surface area contributed by atoms with Crippen molar-refractivity contribution in [3.8, 4) is 0 Å². The van der Waals surface area contributed by atoms with E-state index in [1.54, 1.807) is 0 Å². The molecule has 0 aliphatic heterocycles. The SMILES string of the molecule is CC(CN)CC(=O)Nc1ccc(N(C)C)cc1. The van der Waals surface area contributed by atoms with E-state index >= 15 is 0 Å². The van der Waals surface area contributed by atoms with E-state index in [0.29, 0.717) is 13.0 Å². The van der Waals surface area contributed by atoms with Gasteiger partial charge in [0.2, 0.25) is 5.91 Å². The summed E-state index contributed by atoms with van der Waals surface area (Å²) in [5.41, 5.74) is 7.41. The Balaban J connectivity index is 2.54. The molecule has 4 heteroatoms. The summed E-state index contributed by atoms with van der Waals surface area (Å²) >= 11 is 0. The minimum atomic E-state index is 0.0144. The Bertz CT molecular complexity index is 359. The third-order valence-electron chi connectivity index (χ3n) is 2.60. The van der Waals surface area contributed by atoms with Crippen LogP contribution < -0.4 is 16.0 Å². The molecular formula is C13H21N3O. The van der Waals surface area contributed by atoms with Crippen LogP contribution in [0, 0.1) is 5.92 Å². The molecule has 1 unspecified atom stereocenters.